The van der Waals surface area contributed by atoms with Crippen LogP contribution in [-0.4, -0.2) is 19.5 Å². The maximum atomic E-state index is 12.2. The van der Waals surface area contributed by atoms with Crippen molar-refractivity contribution in [2.75, 3.05) is 0 Å². The van der Waals surface area contributed by atoms with Gasteiger partial charge in [-0.05, 0) is 12.0 Å². The lowest BCUT2D eigenvalue weighted by Crippen LogP contribution is -2.36. The Morgan fingerprint density at radius 3 is 2.60 bits per heavy atom. The molecule has 0 aliphatic heterocycles. The highest BCUT2D eigenvalue weighted by molar-refractivity contribution is 5.66. The molecule has 0 saturated carbocycles. The van der Waals surface area contributed by atoms with Crippen LogP contribution in [-0.2, 0) is 13.0 Å². The SMILES string of the molecule is O=c1[nH]c2nccnc2c(=O)n1CCc1ccccc1. The number of nitrogens with zero attached hydrogens (tertiary/aromatic N) is 3. The molecule has 1 N–H and O–H groups in total. The second-order valence-electron chi connectivity index (χ2n) is 4.38. The summed E-state index contributed by atoms with van der Waals surface area (Å²) in [6.07, 6.45) is 3.48. The average Bonchev–Trinajstić information content (AvgIpc) is 2.48. The van der Waals surface area contributed by atoms with E-state index in [0.717, 1.165) is 10.1 Å². The first-order chi connectivity index (χ1) is 9.75. The second-order valence-corrected chi connectivity index (χ2v) is 4.38. The topological polar surface area (TPSA) is 80.6 Å². The molecule has 100 valence electrons. The van der Waals surface area contributed by atoms with Crippen molar-refractivity contribution in [2.45, 2.75) is 13.0 Å². The predicted molar refractivity (Wildman–Crippen MR) is 74.6 cm³/mol. The minimum atomic E-state index is -0.459. The van der Waals surface area contributed by atoms with Gasteiger partial charge in [0.15, 0.2) is 11.2 Å². The standard InChI is InChI=1S/C14H12N4O2/c19-13-11-12(16-8-7-15-11)17-14(20)18(13)9-6-10-4-2-1-3-5-10/h1-5,7-8H,6,9H2,(H,16,17,20). The lowest BCUT2D eigenvalue weighted by Gasteiger charge is -2.05. The molecule has 0 amide bonds. The number of hydrogen-bond acceptors (Lipinski definition) is 4. The van der Waals surface area contributed by atoms with Gasteiger partial charge in [-0.15, -0.1) is 0 Å². The first-order valence-corrected chi connectivity index (χ1v) is 6.23. The number of benzene rings is 1. The van der Waals surface area contributed by atoms with Gasteiger partial charge in [-0.25, -0.2) is 14.8 Å². The van der Waals surface area contributed by atoms with Gasteiger partial charge in [0, 0.05) is 18.9 Å². The third-order valence-corrected chi connectivity index (χ3v) is 3.08. The number of aryl methyl sites for hydroxylation is 1. The highest BCUT2D eigenvalue weighted by Crippen LogP contribution is 2.00. The Labute approximate surface area is 113 Å². The molecule has 1 aromatic carbocycles. The van der Waals surface area contributed by atoms with E-state index in [0.29, 0.717) is 13.0 Å². The number of aromatic amines is 1. The largest absolute Gasteiger partial charge is 0.330 e. The Hall–Kier alpha value is -2.76. The summed E-state index contributed by atoms with van der Waals surface area (Å²) in [6.45, 7) is 0.310. The molecule has 20 heavy (non-hydrogen) atoms. The Morgan fingerprint density at radius 1 is 1.05 bits per heavy atom. The normalized spacial score (nSPS) is 10.8. The molecule has 3 rings (SSSR count). The number of H-pyrrole nitrogens is 1. The van der Waals surface area contributed by atoms with Gasteiger partial charge in [-0.1, -0.05) is 30.3 Å². The molecule has 0 aliphatic rings. The van der Waals surface area contributed by atoms with E-state index in [-0.39, 0.29) is 11.2 Å². The Morgan fingerprint density at radius 2 is 1.80 bits per heavy atom. The molecule has 2 heterocycles. The van der Waals surface area contributed by atoms with Gasteiger partial charge in [0.25, 0.3) is 5.56 Å². The average molecular weight is 268 g/mol. The van der Waals surface area contributed by atoms with Gasteiger partial charge >= 0.3 is 5.69 Å². The van der Waals surface area contributed by atoms with Crippen molar-refractivity contribution in [2.24, 2.45) is 0 Å². The zero-order valence-corrected chi connectivity index (χ0v) is 10.6. The highest BCUT2D eigenvalue weighted by Gasteiger charge is 2.08. The predicted octanol–water partition coefficient (Wildman–Crippen LogP) is 0.722. The molecule has 0 unspecified atom stereocenters. The van der Waals surface area contributed by atoms with Crippen LogP contribution in [0.4, 0.5) is 0 Å². The van der Waals surface area contributed by atoms with Gasteiger partial charge in [0.2, 0.25) is 0 Å². The van der Waals surface area contributed by atoms with E-state index in [1.165, 1.54) is 12.4 Å². The van der Waals surface area contributed by atoms with Crippen molar-refractivity contribution in [3.05, 3.63) is 69.1 Å². The summed E-state index contributed by atoms with van der Waals surface area (Å²) in [5.41, 5.74) is 0.600. The van der Waals surface area contributed by atoms with Crippen LogP contribution in [0.2, 0.25) is 0 Å². The monoisotopic (exact) mass is 268 g/mol. The molecule has 0 fully saturated rings. The summed E-state index contributed by atoms with van der Waals surface area (Å²) in [4.78, 5) is 34.6. The van der Waals surface area contributed by atoms with Crippen molar-refractivity contribution < 1.29 is 0 Å². The zero-order chi connectivity index (χ0) is 13.9. The third kappa shape index (κ3) is 2.23. The van der Waals surface area contributed by atoms with Crippen LogP contribution in [0.3, 0.4) is 0 Å². The molecule has 0 aliphatic carbocycles. The fraction of sp³-hybridized carbons (Fsp3) is 0.143. The van der Waals surface area contributed by atoms with Crippen LogP contribution in [0.15, 0.2) is 52.3 Å². The zero-order valence-electron chi connectivity index (χ0n) is 10.6. The fourth-order valence-electron chi connectivity index (χ4n) is 2.06. The van der Waals surface area contributed by atoms with E-state index in [2.05, 4.69) is 15.0 Å². The van der Waals surface area contributed by atoms with Crippen molar-refractivity contribution in [1.82, 2.24) is 19.5 Å². The number of rotatable bonds is 3. The molecule has 6 heteroatoms. The number of nitrogens with one attached hydrogen (secondary N) is 1. The molecule has 2 aromatic heterocycles. The van der Waals surface area contributed by atoms with E-state index in [1.807, 2.05) is 30.3 Å². The quantitative estimate of drug-likeness (QED) is 0.759. The highest BCUT2D eigenvalue weighted by atomic mass is 16.2. The van der Waals surface area contributed by atoms with Gasteiger partial charge in [-0.2, -0.15) is 0 Å². The van der Waals surface area contributed by atoms with Crippen molar-refractivity contribution in [3.8, 4) is 0 Å². The Bertz CT molecular complexity index is 852. The minimum Gasteiger partial charge on any atom is -0.290 e. The van der Waals surface area contributed by atoms with Crippen LogP contribution in [0, 0.1) is 0 Å². The lowest BCUT2D eigenvalue weighted by molar-refractivity contribution is 0.634. The molecule has 6 nitrogen and oxygen atoms in total. The van der Waals surface area contributed by atoms with Crippen molar-refractivity contribution in [3.63, 3.8) is 0 Å². The maximum absolute atomic E-state index is 12.2. The molecule has 0 radical (unpaired) electrons. The molecular weight excluding hydrogens is 256 g/mol. The van der Waals surface area contributed by atoms with Crippen LogP contribution < -0.4 is 11.2 Å². The van der Waals surface area contributed by atoms with E-state index in [9.17, 15) is 9.59 Å². The van der Waals surface area contributed by atoms with Crippen LogP contribution >= 0.6 is 0 Å². The van der Waals surface area contributed by atoms with E-state index >= 15 is 0 Å². The first-order valence-electron chi connectivity index (χ1n) is 6.23. The minimum absolute atomic E-state index is 0.181. The third-order valence-electron chi connectivity index (χ3n) is 3.08. The lowest BCUT2D eigenvalue weighted by atomic mass is 10.1. The number of aromatic nitrogens is 4. The molecule has 0 atom stereocenters. The van der Waals surface area contributed by atoms with Crippen LogP contribution in [0.5, 0.6) is 0 Å². The molecule has 0 saturated heterocycles. The van der Waals surface area contributed by atoms with Crippen LogP contribution in [0.1, 0.15) is 5.56 Å². The Balaban J connectivity index is 2.00. The van der Waals surface area contributed by atoms with Gasteiger partial charge in [0.05, 0.1) is 0 Å². The molecule has 3 aromatic rings. The fourth-order valence-corrected chi connectivity index (χ4v) is 2.06. The Kier molecular flexibility index (Phi) is 3.12. The molecular formula is C14H12N4O2. The summed E-state index contributed by atoms with van der Waals surface area (Å²) in [6, 6.07) is 9.69. The van der Waals surface area contributed by atoms with Gasteiger partial charge in [0.1, 0.15) is 0 Å². The van der Waals surface area contributed by atoms with Crippen molar-refractivity contribution >= 4 is 11.2 Å². The maximum Gasteiger partial charge on any atom is 0.330 e. The van der Waals surface area contributed by atoms with E-state index < -0.39 is 11.2 Å². The smallest absolute Gasteiger partial charge is 0.290 e. The summed E-state index contributed by atoms with van der Waals surface area (Å²) in [5, 5.41) is 0. The second kappa shape index (κ2) is 5.08. The summed E-state index contributed by atoms with van der Waals surface area (Å²) in [5.74, 6) is 0. The number of hydrogen-bond donors (Lipinski definition) is 1. The molecule has 0 spiro atoms. The van der Waals surface area contributed by atoms with E-state index in [4.69, 9.17) is 0 Å². The van der Waals surface area contributed by atoms with Crippen molar-refractivity contribution in [1.29, 1.82) is 0 Å². The van der Waals surface area contributed by atoms with Gasteiger partial charge in [-0.3, -0.25) is 14.3 Å². The molecule has 0 bridgehead atoms. The summed E-state index contributed by atoms with van der Waals surface area (Å²) >= 11 is 0. The first kappa shape index (κ1) is 12.3. The number of fused-ring (bicyclic) bond motifs is 1. The van der Waals surface area contributed by atoms with E-state index in [1.54, 1.807) is 0 Å². The van der Waals surface area contributed by atoms with Gasteiger partial charge < -0.3 is 0 Å². The summed E-state index contributed by atoms with van der Waals surface area (Å²) < 4.78 is 1.16. The van der Waals surface area contributed by atoms with Crippen LogP contribution in [0.25, 0.3) is 11.2 Å². The summed E-state index contributed by atoms with van der Waals surface area (Å²) in [7, 11) is 0.